The molecule has 0 aromatic heterocycles. The van der Waals surface area contributed by atoms with E-state index in [0.29, 0.717) is 50.8 Å². The number of carbonyl (C=O) groups is 2. The van der Waals surface area contributed by atoms with E-state index in [4.69, 9.17) is 0 Å². The molecule has 1 atom stereocenters. The average molecular weight is 534 g/mol. The summed E-state index contributed by atoms with van der Waals surface area (Å²) in [6.45, 7) is 4.83. The summed E-state index contributed by atoms with van der Waals surface area (Å²) in [6.07, 6.45) is 4.61. The first-order valence-corrected chi connectivity index (χ1v) is 13.7. The molecule has 0 heterocycles. The van der Waals surface area contributed by atoms with E-state index in [2.05, 4.69) is 15.4 Å². The van der Waals surface area contributed by atoms with Crippen molar-refractivity contribution in [1.82, 2.24) is 15.4 Å². The Balaban J connectivity index is 1.68. The zero-order chi connectivity index (χ0) is 26.6. The summed E-state index contributed by atoms with van der Waals surface area (Å²) in [5, 5.41) is 5.77. The molecule has 0 saturated heterocycles. The van der Waals surface area contributed by atoms with E-state index in [0.717, 1.165) is 30.5 Å². The molecule has 1 aromatic carbocycles. The Morgan fingerprint density at radius 1 is 1.08 bits per heavy atom. The molecule has 5 nitrogen and oxygen atoms in total. The monoisotopic (exact) mass is 533 g/mol. The van der Waals surface area contributed by atoms with Gasteiger partial charge in [-0.05, 0) is 67.7 Å². The van der Waals surface area contributed by atoms with Crippen molar-refractivity contribution in [3.05, 3.63) is 29.6 Å². The molecular formula is C26H39F4N3O2S. The predicted molar refractivity (Wildman–Crippen MR) is 135 cm³/mol. The van der Waals surface area contributed by atoms with Gasteiger partial charge in [0.15, 0.2) is 0 Å². The van der Waals surface area contributed by atoms with Gasteiger partial charge in [-0.15, -0.1) is 0 Å². The highest BCUT2D eigenvalue weighted by Gasteiger charge is 2.34. The van der Waals surface area contributed by atoms with Crippen molar-refractivity contribution in [3.63, 3.8) is 0 Å². The van der Waals surface area contributed by atoms with Crippen molar-refractivity contribution in [3.8, 4) is 0 Å². The van der Waals surface area contributed by atoms with Crippen LogP contribution in [0.25, 0.3) is 0 Å². The van der Waals surface area contributed by atoms with Gasteiger partial charge in [-0.25, -0.2) is 4.39 Å². The molecule has 0 radical (unpaired) electrons. The lowest BCUT2D eigenvalue weighted by Gasteiger charge is -2.23. The van der Waals surface area contributed by atoms with Crippen LogP contribution in [0.3, 0.4) is 0 Å². The van der Waals surface area contributed by atoms with Gasteiger partial charge in [-0.3, -0.25) is 14.3 Å². The number of benzene rings is 1. The zero-order valence-corrected chi connectivity index (χ0v) is 22.0. The molecule has 1 aliphatic carbocycles. The van der Waals surface area contributed by atoms with E-state index in [1.54, 1.807) is 0 Å². The third-order valence-corrected chi connectivity index (χ3v) is 7.22. The first kappa shape index (κ1) is 30.4. The molecule has 1 fully saturated rings. The highest BCUT2D eigenvalue weighted by Crippen LogP contribution is 2.36. The topological polar surface area (TPSA) is 70.2 Å². The molecular weight excluding hydrogens is 494 g/mol. The summed E-state index contributed by atoms with van der Waals surface area (Å²) >= 11 is 0.809. The van der Waals surface area contributed by atoms with Crippen LogP contribution in [-0.4, -0.2) is 30.9 Å². The minimum absolute atomic E-state index is 0.0818. The molecule has 1 aliphatic rings. The van der Waals surface area contributed by atoms with Crippen molar-refractivity contribution in [1.29, 1.82) is 0 Å². The highest BCUT2D eigenvalue weighted by molar-refractivity contribution is 7.97. The quantitative estimate of drug-likeness (QED) is 0.151. The summed E-state index contributed by atoms with van der Waals surface area (Å²) < 4.78 is 55.2. The number of unbranched alkanes of at least 4 members (excludes halogenated alkanes) is 1. The van der Waals surface area contributed by atoms with Gasteiger partial charge >= 0.3 is 6.18 Å². The second-order valence-electron chi connectivity index (χ2n) is 9.93. The zero-order valence-electron chi connectivity index (χ0n) is 21.2. The number of hydrogen-bond acceptors (Lipinski definition) is 4. The fraction of sp³-hybridized carbons (Fsp3) is 0.692. The van der Waals surface area contributed by atoms with E-state index in [1.165, 1.54) is 32.1 Å². The van der Waals surface area contributed by atoms with Crippen molar-refractivity contribution >= 4 is 23.8 Å². The smallest absolute Gasteiger partial charge is 0.354 e. The van der Waals surface area contributed by atoms with Crippen molar-refractivity contribution in [2.24, 2.45) is 11.8 Å². The van der Waals surface area contributed by atoms with E-state index in [-0.39, 0.29) is 22.6 Å². The second kappa shape index (κ2) is 15.4. The molecule has 1 unspecified atom stereocenters. The van der Waals surface area contributed by atoms with Gasteiger partial charge in [0.1, 0.15) is 11.9 Å². The number of halogens is 4. The standard InChI is InChI=1S/C26H39F4N3O2S/c1-18(2)16-22(33-24(34)13-10-19-8-4-3-5-9-19)25(35)31-14-6-7-15-32-36-23-12-11-20(27)17-21(23)26(28,29)30/h11-12,17-19,22,32H,3-10,13-16H2,1-2H3,(H,31,35)(H,33,34). The summed E-state index contributed by atoms with van der Waals surface area (Å²) in [4.78, 5) is 25.0. The van der Waals surface area contributed by atoms with Gasteiger partial charge in [-0.1, -0.05) is 46.0 Å². The Morgan fingerprint density at radius 3 is 2.44 bits per heavy atom. The SMILES string of the molecule is CC(C)CC(NC(=O)CCC1CCCCC1)C(=O)NCCCCNSc1ccc(F)cc1C(F)(F)F. The van der Waals surface area contributed by atoms with Gasteiger partial charge in [0, 0.05) is 24.4 Å². The summed E-state index contributed by atoms with van der Waals surface area (Å²) in [5.41, 5.74) is -1.01. The maximum Gasteiger partial charge on any atom is 0.417 e. The summed E-state index contributed by atoms with van der Waals surface area (Å²) in [5.74, 6) is -0.371. The molecule has 1 saturated carbocycles. The third-order valence-electron chi connectivity index (χ3n) is 6.30. The number of alkyl halides is 3. The van der Waals surface area contributed by atoms with Gasteiger partial charge in [-0.2, -0.15) is 13.2 Å². The Morgan fingerprint density at radius 2 is 1.78 bits per heavy atom. The Hall–Kier alpha value is -1.81. The predicted octanol–water partition coefficient (Wildman–Crippen LogP) is 6.23. The van der Waals surface area contributed by atoms with Crippen LogP contribution in [0.4, 0.5) is 17.6 Å². The van der Waals surface area contributed by atoms with Crippen molar-refractivity contribution in [2.45, 2.75) is 95.2 Å². The summed E-state index contributed by atoms with van der Waals surface area (Å²) in [7, 11) is 0. The Kier molecular flexibility index (Phi) is 13.0. The Labute approximate surface area is 216 Å². The first-order valence-electron chi connectivity index (χ1n) is 12.9. The lowest BCUT2D eigenvalue weighted by molar-refractivity contribution is -0.140. The molecule has 3 N–H and O–H groups in total. The molecule has 10 heteroatoms. The number of amides is 2. The third kappa shape index (κ3) is 11.5. The van der Waals surface area contributed by atoms with E-state index in [9.17, 15) is 27.2 Å². The van der Waals surface area contributed by atoms with Crippen LogP contribution < -0.4 is 15.4 Å². The molecule has 204 valence electrons. The fourth-order valence-electron chi connectivity index (χ4n) is 4.38. The van der Waals surface area contributed by atoms with Crippen LogP contribution in [-0.2, 0) is 15.8 Å². The van der Waals surface area contributed by atoms with Gasteiger partial charge in [0.05, 0.1) is 5.56 Å². The first-order chi connectivity index (χ1) is 17.1. The van der Waals surface area contributed by atoms with Crippen LogP contribution in [0.2, 0.25) is 0 Å². The number of nitrogens with one attached hydrogen (secondary N) is 3. The van der Waals surface area contributed by atoms with E-state index in [1.807, 2.05) is 13.8 Å². The fourth-order valence-corrected chi connectivity index (χ4v) is 5.20. The molecule has 0 spiro atoms. The lowest BCUT2D eigenvalue weighted by Crippen LogP contribution is -2.47. The molecule has 2 rings (SSSR count). The van der Waals surface area contributed by atoms with Crippen molar-refractivity contribution < 1.29 is 27.2 Å². The van der Waals surface area contributed by atoms with Gasteiger partial charge in [0.2, 0.25) is 11.8 Å². The van der Waals surface area contributed by atoms with E-state index < -0.39 is 23.6 Å². The number of hydrogen-bond donors (Lipinski definition) is 3. The average Bonchev–Trinajstić information content (AvgIpc) is 2.82. The minimum atomic E-state index is -4.63. The van der Waals surface area contributed by atoms with Crippen LogP contribution in [0.5, 0.6) is 0 Å². The largest absolute Gasteiger partial charge is 0.417 e. The molecule has 0 bridgehead atoms. The summed E-state index contributed by atoms with van der Waals surface area (Å²) in [6, 6.07) is 2.02. The number of rotatable bonds is 14. The van der Waals surface area contributed by atoms with E-state index >= 15 is 0 Å². The maximum atomic E-state index is 13.2. The normalized spacial score (nSPS) is 15.6. The van der Waals surface area contributed by atoms with Gasteiger partial charge < -0.3 is 10.6 Å². The van der Waals surface area contributed by atoms with Gasteiger partial charge in [0.25, 0.3) is 0 Å². The molecule has 1 aromatic rings. The number of carbonyl (C=O) groups excluding carboxylic acids is 2. The lowest BCUT2D eigenvalue weighted by atomic mass is 9.86. The van der Waals surface area contributed by atoms with Crippen LogP contribution >= 0.6 is 11.9 Å². The molecule has 36 heavy (non-hydrogen) atoms. The van der Waals surface area contributed by atoms with Crippen LogP contribution in [0.1, 0.15) is 83.6 Å². The molecule has 0 aliphatic heterocycles. The maximum absolute atomic E-state index is 13.2. The second-order valence-corrected chi connectivity index (χ2v) is 10.9. The van der Waals surface area contributed by atoms with Crippen molar-refractivity contribution in [2.75, 3.05) is 13.1 Å². The van der Waals surface area contributed by atoms with Crippen LogP contribution in [0.15, 0.2) is 23.1 Å². The minimum Gasteiger partial charge on any atom is -0.354 e. The van der Waals surface area contributed by atoms with Crippen LogP contribution in [0, 0.1) is 17.7 Å². The molecule has 2 amide bonds. The highest BCUT2D eigenvalue weighted by atomic mass is 32.2. The Bertz CT molecular complexity index is 830.